The summed E-state index contributed by atoms with van der Waals surface area (Å²) in [4.78, 5) is 6.92. The Morgan fingerprint density at radius 3 is 2.74 bits per heavy atom. The van der Waals surface area contributed by atoms with Gasteiger partial charge in [0.2, 0.25) is 5.89 Å². The summed E-state index contributed by atoms with van der Waals surface area (Å²) in [5.41, 5.74) is 2.14. The molecule has 1 aliphatic rings. The first-order valence-electron chi connectivity index (χ1n) is 8.01. The van der Waals surface area contributed by atoms with E-state index in [-0.39, 0.29) is 0 Å². The molecule has 3 rings (SSSR count). The van der Waals surface area contributed by atoms with Gasteiger partial charge < -0.3 is 13.9 Å². The molecule has 1 aromatic carbocycles. The largest absolute Gasteiger partial charge is 0.497 e. The van der Waals surface area contributed by atoms with E-state index < -0.39 is 0 Å². The van der Waals surface area contributed by atoms with Crippen LogP contribution in [0.1, 0.15) is 41.8 Å². The first-order valence-corrected chi connectivity index (χ1v) is 8.01. The van der Waals surface area contributed by atoms with Crippen molar-refractivity contribution in [2.45, 2.75) is 39.3 Å². The van der Waals surface area contributed by atoms with Crippen LogP contribution in [0.15, 0.2) is 22.6 Å². The number of ether oxygens (including phenoxy) is 2. The molecule has 0 N–H and O–H groups in total. The number of aromatic nitrogens is 1. The molecule has 5 heteroatoms. The maximum atomic E-state index is 5.75. The van der Waals surface area contributed by atoms with E-state index in [1.54, 1.807) is 14.2 Å². The Hall–Kier alpha value is -2.01. The van der Waals surface area contributed by atoms with Crippen molar-refractivity contribution in [3.8, 4) is 11.5 Å². The minimum Gasteiger partial charge on any atom is -0.497 e. The molecule has 2 heterocycles. The highest BCUT2D eigenvalue weighted by Crippen LogP contribution is 2.39. The fourth-order valence-electron chi connectivity index (χ4n) is 3.25. The van der Waals surface area contributed by atoms with Gasteiger partial charge in [-0.2, -0.15) is 0 Å². The second kappa shape index (κ2) is 6.62. The number of oxazole rings is 1. The van der Waals surface area contributed by atoms with Gasteiger partial charge in [0, 0.05) is 11.6 Å². The Bertz CT molecular complexity index is 661. The summed E-state index contributed by atoms with van der Waals surface area (Å²) in [6, 6.07) is 6.29. The quantitative estimate of drug-likeness (QED) is 0.842. The molecule has 124 valence electrons. The van der Waals surface area contributed by atoms with Gasteiger partial charge in [0.1, 0.15) is 17.3 Å². The highest BCUT2D eigenvalue weighted by Gasteiger charge is 2.30. The van der Waals surface area contributed by atoms with Crippen molar-refractivity contribution in [2.75, 3.05) is 20.8 Å². The highest BCUT2D eigenvalue weighted by molar-refractivity contribution is 5.42. The molecule has 0 bridgehead atoms. The molecule has 1 atom stereocenters. The van der Waals surface area contributed by atoms with Gasteiger partial charge in [-0.05, 0) is 51.4 Å². The number of benzene rings is 1. The van der Waals surface area contributed by atoms with Crippen LogP contribution in [0, 0.1) is 13.8 Å². The van der Waals surface area contributed by atoms with E-state index in [1.807, 2.05) is 26.0 Å². The lowest BCUT2D eigenvalue weighted by molar-refractivity contribution is 0.218. The summed E-state index contributed by atoms with van der Waals surface area (Å²) in [7, 11) is 3.40. The van der Waals surface area contributed by atoms with Crippen LogP contribution in [-0.4, -0.2) is 30.6 Å². The summed E-state index contributed by atoms with van der Waals surface area (Å²) in [5, 5.41) is 0. The molecular weight excluding hydrogens is 292 g/mol. The summed E-state index contributed by atoms with van der Waals surface area (Å²) in [6.45, 7) is 5.69. The lowest BCUT2D eigenvalue weighted by Gasteiger charge is -2.25. The van der Waals surface area contributed by atoms with Gasteiger partial charge in [-0.1, -0.05) is 0 Å². The zero-order chi connectivity index (χ0) is 16.4. The molecule has 1 aliphatic heterocycles. The summed E-state index contributed by atoms with van der Waals surface area (Å²) >= 11 is 0. The Morgan fingerprint density at radius 1 is 1.26 bits per heavy atom. The van der Waals surface area contributed by atoms with Crippen molar-refractivity contribution in [1.82, 2.24) is 9.88 Å². The number of nitrogens with zero attached hydrogens (tertiary/aromatic N) is 2. The molecule has 0 saturated carbocycles. The fourth-order valence-corrected chi connectivity index (χ4v) is 3.25. The van der Waals surface area contributed by atoms with E-state index >= 15 is 0 Å². The van der Waals surface area contributed by atoms with Gasteiger partial charge in [-0.15, -0.1) is 0 Å². The molecule has 0 radical (unpaired) electrons. The van der Waals surface area contributed by atoms with E-state index in [1.165, 1.54) is 5.56 Å². The topological polar surface area (TPSA) is 47.7 Å². The Kier molecular flexibility index (Phi) is 4.57. The molecule has 0 amide bonds. The zero-order valence-corrected chi connectivity index (χ0v) is 14.3. The maximum absolute atomic E-state index is 5.75. The van der Waals surface area contributed by atoms with Crippen LogP contribution in [0.4, 0.5) is 0 Å². The fraction of sp³-hybridized carbons (Fsp3) is 0.500. The number of hydrogen-bond acceptors (Lipinski definition) is 5. The zero-order valence-electron chi connectivity index (χ0n) is 14.3. The third-order valence-electron chi connectivity index (χ3n) is 4.57. The second-order valence-corrected chi connectivity index (χ2v) is 5.99. The molecule has 0 aliphatic carbocycles. The minimum atomic E-state index is 0.299. The van der Waals surface area contributed by atoms with Crippen molar-refractivity contribution in [3.63, 3.8) is 0 Å². The summed E-state index contributed by atoms with van der Waals surface area (Å²) in [6.07, 6.45) is 2.26. The molecule has 0 spiro atoms. The molecule has 23 heavy (non-hydrogen) atoms. The third kappa shape index (κ3) is 3.20. The van der Waals surface area contributed by atoms with Gasteiger partial charge in [0.05, 0.1) is 26.5 Å². The monoisotopic (exact) mass is 316 g/mol. The van der Waals surface area contributed by atoms with Crippen molar-refractivity contribution in [1.29, 1.82) is 0 Å². The lowest BCUT2D eigenvalue weighted by atomic mass is 10.0. The second-order valence-electron chi connectivity index (χ2n) is 5.99. The van der Waals surface area contributed by atoms with E-state index in [9.17, 15) is 0 Å². The average Bonchev–Trinajstić information content (AvgIpc) is 3.13. The average molecular weight is 316 g/mol. The van der Waals surface area contributed by atoms with E-state index in [0.717, 1.165) is 54.8 Å². The van der Waals surface area contributed by atoms with Crippen molar-refractivity contribution < 1.29 is 13.9 Å². The van der Waals surface area contributed by atoms with Gasteiger partial charge >= 0.3 is 0 Å². The minimum absolute atomic E-state index is 0.299. The summed E-state index contributed by atoms with van der Waals surface area (Å²) < 4.78 is 16.7. The molecule has 1 saturated heterocycles. The number of aryl methyl sites for hydroxylation is 2. The number of likely N-dealkylation sites (tertiary alicyclic amines) is 1. The molecule has 1 fully saturated rings. The van der Waals surface area contributed by atoms with Crippen molar-refractivity contribution in [3.05, 3.63) is 41.1 Å². The normalized spacial score (nSPS) is 18.3. The van der Waals surface area contributed by atoms with E-state index in [0.29, 0.717) is 6.04 Å². The Balaban J connectivity index is 1.86. The van der Waals surface area contributed by atoms with Crippen LogP contribution in [-0.2, 0) is 6.54 Å². The van der Waals surface area contributed by atoms with E-state index in [2.05, 4.69) is 16.0 Å². The van der Waals surface area contributed by atoms with Gasteiger partial charge in [-0.3, -0.25) is 4.90 Å². The van der Waals surface area contributed by atoms with Crippen molar-refractivity contribution >= 4 is 0 Å². The Morgan fingerprint density at radius 2 is 2.09 bits per heavy atom. The standard InChI is InChI=1S/C18H24N2O3/c1-12-13(2)23-18(19-12)11-20-9-5-6-16(20)15-10-14(21-3)7-8-17(15)22-4/h7-8,10,16H,5-6,9,11H2,1-4H3/t16-/m0/s1. The van der Waals surface area contributed by atoms with Crippen LogP contribution in [0.25, 0.3) is 0 Å². The SMILES string of the molecule is COc1ccc(OC)c([C@@H]2CCCN2Cc2nc(C)c(C)o2)c1. The van der Waals surface area contributed by atoms with Crippen LogP contribution in [0.5, 0.6) is 11.5 Å². The van der Waals surface area contributed by atoms with Crippen LogP contribution >= 0.6 is 0 Å². The Labute approximate surface area is 137 Å². The number of rotatable bonds is 5. The molecule has 5 nitrogen and oxygen atoms in total. The maximum Gasteiger partial charge on any atom is 0.208 e. The first-order chi connectivity index (χ1) is 11.1. The van der Waals surface area contributed by atoms with E-state index in [4.69, 9.17) is 13.9 Å². The van der Waals surface area contributed by atoms with Crippen LogP contribution in [0.3, 0.4) is 0 Å². The highest BCUT2D eigenvalue weighted by atomic mass is 16.5. The van der Waals surface area contributed by atoms with Gasteiger partial charge in [0.15, 0.2) is 0 Å². The van der Waals surface area contributed by atoms with Crippen molar-refractivity contribution in [2.24, 2.45) is 0 Å². The molecule has 0 unspecified atom stereocenters. The van der Waals surface area contributed by atoms with Crippen LogP contribution < -0.4 is 9.47 Å². The molecule has 2 aromatic rings. The van der Waals surface area contributed by atoms with Gasteiger partial charge in [0.25, 0.3) is 0 Å². The van der Waals surface area contributed by atoms with Crippen LogP contribution in [0.2, 0.25) is 0 Å². The lowest BCUT2D eigenvalue weighted by Crippen LogP contribution is -2.23. The third-order valence-corrected chi connectivity index (χ3v) is 4.57. The molecule has 1 aromatic heterocycles. The summed E-state index contributed by atoms with van der Waals surface area (Å²) in [5.74, 6) is 3.45. The number of methoxy groups -OCH3 is 2. The predicted molar refractivity (Wildman–Crippen MR) is 87.9 cm³/mol. The smallest absolute Gasteiger partial charge is 0.208 e. The predicted octanol–water partition coefficient (Wildman–Crippen LogP) is 3.65. The number of hydrogen-bond donors (Lipinski definition) is 0. The van der Waals surface area contributed by atoms with Gasteiger partial charge in [-0.25, -0.2) is 4.98 Å². The first kappa shape index (κ1) is 15.9. The molecular formula is C18H24N2O3.